The summed E-state index contributed by atoms with van der Waals surface area (Å²) in [7, 11) is 2.02. The van der Waals surface area contributed by atoms with E-state index in [-0.39, 0.29) is 5.41 Å². The molecule has 0 fully saturated rings. The predicted molar refractivity (Wildman–Crippen MR) is 89.2 cm³/mol. The lowest BCUT2D eigenvalue weighted by atomic mass is 9.83. The fourth-order valence-corrected chi connectivity index (χ4v) is 2.50. The first-order valence-electron chi connectivity index (χ1n) is 7.47. The Labute approximate surface area is 125 Å². The van der Waals surface area contributed by atoms with Crippen molar-refractivity contribution >= 4 is 0 Å². The maximum absolute atomic E-state index is 3.38. The van der Waals surface area contributed by atoms with E-state index in [1.165, 1.54) is 22.3 Å². The van der Waals surface area contributed by atoms with Gasteiger partial charge in [-0.2, -0.15) is 0 Å². The third-order valence-corrected chi connectivity index (χ3v) is 3.95. The van der Waals surface area contributed by atoms with E-state index in [0.717, 1.165) is 12.8 Å². The average molecular weight is 271 g/mol. The molecule has 0 amide bonds. The van der Waals surface area contributed by atoms with Crippen LogP contribution in [0.3, 0.4) is 0 Å². The van der Waals surface area contributed by atoms with Gasteiger partial charge in [-0.25, -0.2) is 0 Å². The highest BCUT2D eigenvalue weighted by Crippen LogP contribution is 2.27. The van der Waals surface area contributed by atoms with Crippen molar-refractivity contribution < 1.29 is 0 Å². The molecule has 1 unspecified atom stereocenters. The Balaban J connectivity index is 3.04. The van der Waals surface area contributed by atoms with Crippen molar-refractivity contribution in [1.29, 1.82) is 0 Å². The van der Waals surface area contributed by atoms with Crippen LogP contribution in [0.25, 0.3) is 0 Å². The molecule has 1 atom stereocenters. The monoisotopic (exact) mass is 271 g/mol. The Kier molecular flexibility index (Phi) is 5.84. The van der Waals surface area contributed by atoms with Crippen LogP contribution in [-0.2, 0) is 11.8 Å². The number of aryl methyl sites for hydroxylation is 2. The van der Waals surface area contributed by atoms with Crippen molar-refractivity contribution in [1.82, 2.24) is 5.32 Å². The summed E-state index contributed by atoms with van der Waals surface area (Å²) in [5.74, 6) is 6.17. The SMILES string of the molecule is CC#CCC(Cc1c(C)cc(C(C)(C)C)cc1C)NC. The standard InChI is InChI=1S/C19H29N/c1-8-9-10-17(20-7)13-18-14(2)11-16(12-15(18)3)19(4,5)6/h11-12,17,20H,10,13H2,1-7H3. The molecule has 0 radical (unpaired) electrons. The van der Waals surface area contributed by atoms with Gasteiger partial charge in [0.15, 0.2) is 0 Å². The fraction of sp³-hybridized carbons (Fsp3) is 0.579. The van der Waals surface area contributed by atoms with E-state index in [4.69, 9.17) is 0 Å². The molecule has 0 spiro atoms. The van der Waals surface area contributed by atoms with Gasteiger partial charge in [-0.1, -0.05) is 32.9 Å². The summed E-state index contributed by atoms with van der Waals surface area (Å²) >= 11 is 0. The summed E-state index contributed by atoms with van der Waals surface area (Å²) in [4.78, 5) is 0. The van der Waals surface area contributed by atoms with Crippen LogP contribution in [0.4, 0.5) is 0 Å². The highest BCUT2D eigenvalue weighted by Gasteiger charge is 2.17. The van der Waals surface area contributed by atoms with Gasteiger partial charge >= 0.3 is 0 Å². The molecule has 0 heterocycles. The Bertz CT molecular complexity index is 486. The first-order valence-corrected chi connectivity index (χ1v) is 7.47. The molecule has 0 aliphatic heterocycles. The normalized spacial score (nSPS) is 12.8. The van der Waals surface area contributed by atoms with Gasteiger partial charge in [-0.3, -0.25) is 0 Å². The van der Waals surface area contributed by atoms with Crippen LogP contribution in [0, 0.1) is 25.7 Å². The second-order valence-electron chi connectivity index (χ2n) is 6.66. The summed E-state index contributed by atoms with van der Waals surface area (Å²) in [6.45, 7) is 13.2. The Morgan fingerprint density at radius 1 is 1.15 bits per heavy atom. The van der Waals surface area contributed by atoms with E-state index < -0.39 is 0 Å². The minimum absolute atomic E-state index is 0.212. The van der Waals surface area contributed by atoms with Crippen LogP contribution in [0.2, 0.25) is 0 Å². The average Bonchev–Trinajstić information content (AvgIpc) is 2.36. The highest BCUT2D eigenvalue weighted by molar-refractivity contribution is 5.41. The minimum atomic E-state index is 0.212. The first kappa shape index (κ1) is 16.8. The van der Waals surface area contributed by atoms with E-state index in [1.807, 2.05) is 14.0 Å². The molecule has 1 N–H and O–H groups in total. The number of hydrogen-bond donors (Lipinski definition) is 1. The molecule has 0 saturated carbocycles. The predicted octanol–water partition coefficient (Wildman–Crippen LogP) is 4.14. The number of nitrogens with one attached hydrogen (secondary N) is 1. The topological polar surface area (TPSA) is 12.0 Å². The van der Waals surface area contributed by atoms with Gasteiger partial charge in [0, 0.05) is 12.5 Å². The van der Waals surface area contributed by atoms with E-state index in [9.17, 15) is 0 Å². The second-order valence-corrected chi connectivity index (χ2v) is 6.66. The first-order chi connectivity index (χ1) is 9.29. The highest BCUT2D eigenvalue weighted by atomic mass is 14.9. The molecule has 0 aliphatic carbocycles. The van der Waals surface area contributed by atoms with Crippen molar-refractivity contribution in [2.75, 3.05) is 7.05 Å². The van der Waals surface area contributed by atoms with Crippen molar-refractivity contribution in [2.45, 2.75) is 65.8 Å². The molecule has 110 valence electrons. The maximum Gasteiger partial charge on any atom is 0.0246 e. The molecule has 0 bridgehead atoms. The lowest BCUT2D eigenvalue weighted by Gasteiger charge is -2.23. The molecule has 20 heavy (non-hydrogen) atoms. The van der Waals surface area contributed by atoms with Crippen LogP contribution in [0.1, 0.15) is 56.4 Å². The second kappa shape index (κ2) is 6.95. The van der Waals surface area contributed by atoms with Gasteiger partial charge in [0.25, 0.3) is 0 Å². The number of benzene rings is 1. The van der Waals surface area contributed by atoms with Crippen LogP contribution in [0.15, 0.2) is 12.1 Å². The van der Waals surface area contributed by atoms with E-state index in [0.29, 0.717) is 6.04 Å². The third kappa shape index (κ3) is 4.39. The van der Waals surface area contributed by atoms with Gasteiger partial charge in [0.2, 0.25) is 0 Å². The van der Waals surface area contributed by atoms with Gasteiger partial charge in [-0.05, 0) is 61.9 Å². The Hall–Kier alpha value is -1.26. The number of hydrogen-bond acceptors (Lipinski definition) is 1. The van der Waals surface area contributed by atoms with Crippen molar-refractivity contribution in [3.63, 3.8) is 0 Å². The lowest BCUT2D eigenvalue weighted by Crippen LogP contribution is -2.28. The van der Waals surface area contributed by atoms with Crippen molar-refractivity contribution in [3.8, 4) is 11.8 Å². The van der Waals surface area contributed by atoms with Gasteiger partial charge in [0.05, 0.1) is 0 Å². The van der Waals surface area contributed by atoms with E-state index in [1.54, 1.807) is 0 Å². The zero-order valence-electron chi connectivity index (χ0n) is 14.1. The van der Waals surface area contributed by atoms with Crippen LogP contribution in [0.5, 0.6) is 0 Å². The molecule has 1 aromatic rings. The third-order valence-electron chi connectivity index (χ3n) is 3.95. The quantitative estimate of drug-likeness (QED) is 0.811. The molecule has 1 nitrogen and oxygen atoms in total. The number of rotatable bonds is 4. The Morgan fingerprint density at radius 2 is 1.70 bits per heavy atom. The molecule has 0 saturated heterocycles. The Morgan fingerprint density at radius 3 is 2.10 bits per heavy atom. The van der Waals surface area contributed by atoms with Crippen molar-refractivity contribution in [2.24, 2.45) is 0 Å². The zero-order chi connectivity index (χ0) is 15.3. The minimum Gasteiger partial charge on any atom is -0.316 e. The fourth-order valence-electron chi connectivity index (χ4n) is 2.50. The van der Waals surface area contributed by atoms with Crippen LogP contribution < -0.4 is 5.32 Å². The van der Waals surface area contributed by atoms with Crippen molar-refractivity contribution in [3.05, 3.63) is 34.4 Å². The van der Waals surface area contributed by atoms with Crippen LogP contribution in [-0.4, -0.2) is 13.1 Å². The number of likely N-dealkylation sites (N-methyl/N-ethyl adjacent to an activating group) is 1. The summed E-state index contributed by atoms with van der Waals surface area (Å²) in [6.07, 6.45) is 1.96. The smallest absolute Gasteiger partial charge is 0.0246 e. The molecule has 1 aromatic carbocycles. The van der Waals surface area contributed by atoms with Gasteiger partial charge in [-0.15, -0.1) is 11.8 Å². The lowest BCUT2D eigenvalue weighted by molar-refractivity contribution is 0.567. The van der Waals surface area contributed by atoms with E-state index >= 15 is 0 Å². The largest absolute Gasteiger partial charge is 0.316 e. The molecule has 0 aliphatic rings. The van der Waals surface area contributed by atoms with Gasteiger partial charge < -0.3 is 5.32 Å². The van der Waals surface area contributed by atoms with E-state index in [2.05, 4.69) is 63.9 Å². The zero-order valence-corrected chi connectivity index (χ0v) is 14.1. The molecule has 1 rings (SSSR count). The summed E-state index contributed by atoms with van der Waals surface area (Å²) in [5, 5.41) is 3.38. The summed E-state index contributed by atoms with van der Waals surface area (Å²) < 4.78 is 0. The summed E-state index contributed by atoms with van der Waals surface area (Å²) in [6, 6.07) is 5.13. The molecular weight excluding hydrogens is 242 g/mol. The van der Waals surface area contributed by atoms with Crippen LogP contribution >= 0.6 is 0 Å². The van der Waals surface area contributed by atoms with Gasteiger partial charge in [0.1, 0.15) is 0 Å². The molecule has 0 aromatic heterocycles. The summed E-state index contributed by atoms with van der Waals surface area (Å²) in [5.41, 5.74) is 5.91. The maximum atomic E-state index is 3.38. The molecule has 1 heteroatoms. The molecular formula is C19H29N.